The molecule has 1 aromatic rings. The van der Waals surface area contributed by atoms with E-state index in [1.54, 1.807) is 11.0 Å². The Balaban J connectivity index is 1.98. The summed E-state index contributed by atoms with van der Waals surface area (Å²) < 4.78 is 17.0. The number of ether oxygens (including phenoxy) is 3. The van der Waals surface area contributed by atoms with Crippen molar-refractivity contribution in [1.82, 2.24) is 4.90 Å². The normalized spacial score (nSPS) is 24.0. The second-order valence-electron chi connectivity index (χ2n) is 6.76. The molecule has 0 aliphatic carbocycles. The molecule has 2 heterocycles. The smallest absolute Gasteiger partial charge is 0.411 e. The summed E-state index contributed by atoms with van der Waals surface area (Å²) in [5.41, 5.74) is 6.23. The minimum absolute atomic E-state index is 0.352. The predicted molar refractivity (Wildman–Crippen MR) is 81.8 cm³/mol. The summed E-state index contributed by atoms with van der Waals surface area (Å²) in [6.45, 7) is 7.25. The van der Waals surface area contributed by atoms with Crippen molar-refractivity contribution in [2.45, 2.75) is 31.9 Å². The number of benzene rings is 1. The molecule has 22 heavy (non-hydrogen) atoms. The summed E-state index contributed by atoms with van der Waals surface area (Å²) in [5, 5.41) is 0. The third-order valence-electron chi connectivity index (χ3n) is 3.90. The molecule has 0 radical (unpaired) electrons. The summed E-state index contributed by atoms with van der Waals surface area (Å²) in [4.78, 5) is 14.3. The van der Waals surface area contributed by atoms with Crippen LogP contribution < -0.4 is 10.5 Å². The number of nitrogens with zero attached hydrogens (tertiary/aromatic N) is 1. The second-order valence-corrected chi connectivity index (χ2v) is 6.76. The number of carbonyl (C=O) groups excluding carboxylic acids is 1. The molecule has 1 saturated heterocycles. The van der Waals surface area contributed by atoms with Gasteiger partial charge >= 0.3 is 6.09 Å². The van der Waals surface area contributed by atoms with Gasteiger partial charge in [0.15, 0.2) is 0 Å². The van der Waals surface area contributed by atoms with E-state index in [0.29, 0.717) is 32.1 Å². The van der Waals surface area contributed by atoms with Crippen molar-refractivity contribution in [2.75, 3.05) is 32.1 Å². The average molecular weight is 306 g/mol. The van der Waals surface area contributed by atoms with Crippen LogP contribution in [0.3, 0.4) is 0 Å². The Morgan fingerprint density at radius 1 is 1.36 bits per heavy atom. The molecule has 0 unspecified atom stereocenters. The highest BCUT2D eigenvalue weighted by Crippen LogP contribution is 2.44. The van der Waals surface area contributed by atoms with Crippen LogP contribution in [-0.4, -0.2) is 43.0 Å². The van der Waals surface area contributed by atoms with Gasteiger partial charge in [-0.05, 0) is 39.0 Å². The maximum absolute atomic E-state index is 12.6. The van der Waals surface area contributed by atoms with Gasteiger partial charge in [-0.15, -0.1) is 0 Å². The number of amides is 1. The van der Waals surface area contributed by atoms with Crippen molar-refractivity contribution in [1.29, 1.82) is 0 Å². The third kappa shape index (κ3) is 2.47. The van der Waals surface area contributed by atoms with Crippen LogP contribution in [0.15, 0.2) is 18.2 Å². The van der Waals surface area contributed by atoms with Crippen LogP contribution in [0.2, 0.25) is 0 Å². The zero-order valence-corrected chi connectivity index (χ0v) is 13.2. The van der Waals surface area contributed by atoms with Crippen LogP contribution >= 0.6 is 0 Å². The minimum Gasteiger partial charge on any atom is -0.490 e. The number of fused-ring (bicyclic) bond motifs is 2. The van der Waals surface area contributed by atoms with E-state index in [-0.39, 0.29) is 6.09 Å². The molecule has 1 fully saturated rings. The molecule has 1 atom stereocenters. The van der Waals surface area contributed by atoms with Gasteiger partial charge in [-0.3, -0.25) is 4.90 Å². The number of nitrogen functional groups attached to an aromatic ring is 1. The number of morpholine rings is 1. The lowest BCUT2D eigenvalue weighted by Crippen LogP contribution is -2.58. The monoisotopic (exact) mass is 306 g/mol. The lowest BCUT2D eigenvalue weighted by atomic mass is 9.89. The van der Waals surface area contributed by atoms with Gasteiger partial charge in [-0.2, -0.15) is 0 Å². The maximum Gasteiger partial charge on any atom is 0.411 e. The first-order valence-corrected chi connectivity index (χ1v) is 7.43. The Kier molecular flexibility index (Phi) is 3.44. The molecule has 6 nitrogen and oxygen atoms in total. The first kappa shape index (κ1) is 15.0. The topological polar surface area (TPSA) is 74.0 Å². The number of hydrogen-bond donors (Lipinski definition) is 1. The van der Waals surface area contributed by atoms with Gasteiger partial charge < -0.3 is 19.9 Å². The van der Waals surface area contributed by atoms with E-state index in [2.05, 4.69) is 0 Å². The summed E-state index contributed by atoms with van der Waals surface area (Å²) in [5.74, 6) is 0.744. The highest BCUT2D eigenvalue weighted by Gasteiger charge is 2.51. The fraction of sp³-hybridized carbons (Fsp3) is 0.562. The van der Waals surface area contributed by atoms with E-state index < -0.39 is 11.1 Å². The van der Waals surface area contributed by atoms with Gasteiger partial charge in [-0.1, -0.05) is 0 Å². The van der Waals surface area contributed by atoms with E-state index in [4.69, 9.17) is 19.9 Å². The number of anilines is 1. The largest absolute Gasteiger partial charge is 0.490 e. The predicted octanol–water partition coefficient (Wildman–Crippen LogP) is 2.12. The minimum atomic E-state index is -0.661. The van der Waals surface area contributed by atoms with Gasteiger partial charge in [0.2, 0.25) is 0 Å². The van der Waals surface area contributed by atoms with Crippen LogP contribution in [-0.2, 0) is 15.0 Å². The van der Waals surface area contributed by atoms with Crippen molar-refractivity contribution in [3.8, 4) is 5.75 Å². The average Bonchev–Trinajstić information content (AvgIpc) is 2.76. The summed E-state index contributed by atoms with van der Waals surface area (Å²) >= 11 is 0. The molecule has 3 rings (SSSR count). The summed E-state index contributed by atoms with van der Waals surface area (Å²) in [6.07, 6.45) is -0.352. The number of hydrogen-bond acceptors (Lipinski definition) is 5. The molecule has 2 aliphatic rings. The molecule has 1 amide bonds. The van der Waals surface area contributed by atoms with Crippen LogP contribution in [0.4, 0.5) is 10.5 Å². The van der Waals surface area contributed by atoms with Crippen molar-refractivity contribution >= 4 is 11.8 Å². The van der Waals surface area contributed by atoms with Crippen molar-refractivity contribution < 1.29 is 19.0 Å². The Morgan fingerprint density at radius 3 is 2.86 bits per heavy atom. The zero-order valence-electron chi connectivity index (χ0n) is 13.2. The molecule has 0 bridgehead atoms. The number of carbonyl (C=O) groups is 1. The first-order valence-electron chi connectivity index (χ1n) is 7.43. The Hall–Kier alpha value is -1.95. The van der Waals surface area contributed by atoms with E-state index >= 15 is 0 Å². The van der Waals surface area contributed by atoms with Crippen LogP contribution in [0.1, 0.15) is 26.3 Å². The molecular formula is C16H22N2O4. The van der Waals surface area contributed by atoms with Crippen LogP contribution in [0, 0.1) is 0 Å². The molecule has 1 aromatic carbocycles. The quantitative estimate of drug-likeness (QED) is 0.743. The number of rotatable bonds is 0. The van der Waals surface area contributed by atoms with E-state index in [9.17, 15) is 4.79 Å². The Morgan fingerprint density at radius 2 is 2.14 bits per heavy atom. The highest BCUT2D eigenvalue weighted by atomic mass is 16.6. The second kappa shape index (κ2) is 5.05. The van der Waals surface area contributed by atoms with Gasteiger partial charge in [0.05, 0.1) is 13.2 Å². The molecule has 0 saturated carbocycles. The van der Waals surface area contributed by atoms with Crippen molar-refractivity contribution in [3.63, 3.8) is 0 Å². The van der Waals surface area contributed by atoms with Gasteiger partial charge in [0, 0.05) is 17.8 Å². The number of nitrogens with two attached hydrogens (primary N) is 1. The van der Waals surface area contributed by atoms with Crippen LogP contribution in [0.5, 0.6) is 5.75 Å². The third-order valence-corrected chi connectivity index (χ3v) is 3.90. The summed E-state index contributed by atoms with van der Waals surface area (Å²) in [6, 6.07) is 5.48. The van der Waals surface area contributed by atoms with Crippen molar-refractivity contribution in [3.05, 3.63) is 23.8 Å². The fourth-order valence-corrected chi connectivity index (χ4v) is 2.93. The van der Waals surface area contributed by atoms with Crippen LogP contribution in [0.25, 0.3) is 0 Å². The molecule has 6 heteroatoms. The Bertz CT molecular complexity index is 592. The molecule has 0 aromatic heterocycles. The SMILES string of the molecule is CC(C)(C)OC(=O)N1CCOC[C@@]12COc1ccc(N)cc12. The first-order chi connectivity index (χ1) is 10.3. The van der Waals surface area contributed by atoms with E-state index in [0.717, 1.165) is 11.3 Å². The molecule has 120 valence electrons. The highest BCUT2D eigenvalue weighted by molar-refractivity contribution is 5.71. The standard InChI is InChI=1S/C16H22N2O4/c1-15(2,3)22-14(19)18-6-7-20-9-16(18)10-21-13-5-4-11(17)8-12(13)16/h4-5,8H,6-7,9-10,17H2,1-3H3/t16-/m0/s1. The lowest BCUT2D eigenvalue weighted by molar-refractivity contribution is -0.0833. The lowest BCUT2D eigenvalue weighted by Gasteiger charge is -2.43. The molecule has 1 spiro atoms. The Labute approximate surface area is 130 Å². The van der Waals surface area contributed by atoms with Crippen molar-refractivity contribution in [2.24, 2.45) is 0 Å². The van der Waals surface area contributed by atoms with Gasteiger partial charge in [-0.25, -0.2) is 4.79 Å². The maximum atomic E-state index is 12.6. The zero-order chi connectivity index (χ0) is 16.0. The molecule has 2 aliphatic heterocycles. The van der Waals surface area contributed by atoms with Gasteiger partial charge in [0.25, 0.3) is 0 Å². The summed E-state index contributed by atoms with van der Waals surface area (Å²) in [7, 11) is 0. The van der Waals surface area contributed by atoms with E-state index in [1.807, 2.05) is 32.9 Å². The molecule has 2 N–H and O–H groups in total. The van der Waals surface area contributed by atoms with Gasteiger partial charge in [0.1, 0.15) is 23.5 Å². The molecular weight excluding hydrogens is 284 g/mol. The van der Waals surface area contributed by atoms with E-state index in [1.165, 1.54) is 0 Å². The fourth-order valence-electron chi connectivity index (χ4n) is 2.93.